The third-order valence-corrected chi connectivity index (χ3v) is 4.84. The van der Waals surface area contributed by atoms with Crippen LogP contribution in [-0.2, 0) is 6.42 Å². The summed E-state index contributed by atoms with van der Waals surface area (Å²) in [6.07, 6.45) is 0.947. The lowest BCUT2D eigenvalue weighted by atomic mass is 10.1. The summed E-state index contributed by atoms with van der Waals surface area (Å²) in [5.41, 5.74) is 1.57. The molecule has 2 aromatic carbocycles. The number of rotatable bonds is 6. The molecule has 1 saturated heterocycles. The lowest BCUT2D eigenvalue weighted by molar-refractivity contribution is -0.384. The number of nitro benzene ring substituents is 1. The molecule has 1 aliphatic rings. The number of nitro groups is 1. The van der Waals surface area contributed by atoms with Crippen LogP contribution in [-0.4, -0.2) is 60.5 Å². The predicted molar refractivity (Wildman–Crippen MR) is 102 cm³/mol. The molecule has 142 valence electrons. The minimum atomic E-state index is -0.478. The van der Waals surface area contributed by atoms with Crippen molar-refractivity contribution in [1.29, 1.82) is 0 Å². The fourth-order valence-electron chi connectivity index (χ4n) is 3.19. The molecule has 0 atom stereocenters. The number of amides is 1. The molecular weight excluding hydrogens is 346 g/mol. The van der Waals surface area contributed by atoms with Gasteiger partial charge in [0, 0.05) is 50.4 Å². The molecule has 3 rings (SSSR count). The van der Waals surface area contributed by atoms with Crippen molar-refractivity contribution in [2.45, 2.75) is 6.42 Å². The summed E-state index contributed by atoms with van der Waals surface area (Å²) in [6.45, 7) is 3.80. The third kappa shape index (κ3) is 4.83. The second-order valence-electron chi connectivity index (χ2n) is 6.54. The lowest BCUT2D eigenvalue weighted by Crippen LogP contribution is -2.49. The minimum absolute atomic E-state index is 0.0565. The molecule has 1 heterocycles. The first kappa shape index (κ1) is 18.8. The first-order valence-corrected chi connectivity index (χ1v) is 8.96. The lowest BCUT2D eigenvalue weighted by Gasteiger charge is -2.34. The van der Waals surface area contributed by atoms with Gasteiger partial charge in [0.25, 0.3) is 11.6 Å². The average molecular weight is 369 g/mol. The van der Waals surface area contributed by atoms with Crippen LogP contribution < -0.4 is 4.74 Å². The van der Waals surface area contributed by atoms with E-state index in [0.717, 1.165) is 31.8 Å². The zero-order chi connectivity index (χ0) is 19.2. The molecule has 2 aromatic rings. The molecule has 1 aliphatic heterocycles. The number of piperazine rings is 1. The molecule has 27 heavy (non-hydrogen) atoms. The van der Waals surface area contributed by atoms with Gasteiger partial charge in [0.1, 0.15) is 5.75 Å². The molecule has 7 heteroatoms. The van der Waals surface area contributed by atoms with Crippen LogP contribution in [0.15, 0.2) is 48.5 Å². The molecular formula is C20H23N3O4. The van der Waals surface area contributed by atoms with Gasteiger partial charge in [-0.3, -0.25) is 19.8 Å². The minimum Gasteiger partial charge on any atom is -0.497 e. The van der Waals surface area contributed by atoms with Crippen molar-refractivity contribution >= 4 is 11.6 Å². The van der Waals surface area contributed by atoms with E-state index in [-0.39, 0.29) is 11.6 Å². The molecule has 1 amide bonds. The summed E-state index contributed by atoms with van der Waals surface area (Å²) in [5.74, 6) is 0.709. The Balaban J connectivity index is 1.50. The summed E-state index contributed by atoms with van der Waals surface area (Å²) in [6, 6.07) is 14.0. The highest BCUT2D eigenvalue weighted by Crippen LogP contribution is 2.16. The van der Waals surface area contributed by atoms with Gasteiger partial charge in [0.2, 0.25) is 0 Å². The first-order valence-electron chi connectivity index (χ1n) is 8.96. The smallest absolute Gasteiger partial charge is 0.270 e. The molecule has 0 unspecified atom stereocenters. The second-order valence-corrected chi connectivity index (χ2v) is 6.54. The second kappa shape index (κ2) is 8.64. The number of ether oxygens (including phenoxy) is 1. The highest BCUT2D eigenvalue weighted by atomic mass is 16.6. The van der Waals surface area contributed by atoms with Crippen molar-refractivity contribution in [2.75, 3.05) is 39.8 Å². The van der Waals surface area contributed by atoms with Gasteiger partial charge in [-0.25, -0.2) is 0 Å². The number of non-ortho nitro benzene ring substituents is 1. The van der Waals surface area contributed by atoms with Gasteiger partial charge in [-0.05, 0) is 30.2 Å². The van der Waals surface area contributed by atoms with E-state index >= 15 is 0 Å². The number of hydrogen-bond donors (Lipinski definition) is 0. The quantitative estimate of drug-likeness (QED) is 0.578. The van der Waals surface area contributed by atoms with E-state index in [4.69, 9.17) is 4.74 Å². The van der Waals surface area contributed by atoms with Gasteiger partial charge < -0.3 is 9.64 Å². The highest BCUT2D eigenvalue weighted by molar-refractivity contribution is 5.94. The summed E-state index contributed by atoms with van der Waals surface area (Å²) in [5, 5.41) is 10.9. The van der Waals surface area contributed by atoms with E-state index in [9.17, 15) is 14.9 Å². The van der Waals surface area contributed by atoms with Crippen LogP contribution in [0.2, 0.25) is 0 Å². The van der Waals surface area contributed by atoms with Gasteiger partial charge in [-0.15, -0.1) is 0 Å². The van der Waals surface area contributed by atoms with Gasteiger partial charge in [0.05, 0.1) is 12.0 Å². The molecule has 0 radical (unpaired) electrons. The summed E-state index contributed by atoms with van der Waals surface area (Å²) >= 11 is 0. The van der Waals surface area contributed by atoms with Gasteiger partial charge >= 0.3 is 0 Å². The fraction of sp³-hybridized carbons (Fsp3) is 0.350. The maximum atomic E-state index is 12.6. The third-order valence-electron chi connectivity index (χ3n) is 4.84. The number of nitrogens with zero attached hydrogens (tertiary/aromatic N) is 3. The number of carbonyl (C=O) groups is 1. The standard InChI is InChI=1S/C20H23N3O4/c1-27-19-7-5-16(6-8-19)9-10-21-11-13-22(14-12-21)20(24)17-3-2-4-18(15-17)23(25)26/h2-8,15H,9-14H2,1H3. The first-order chi connectivity index (χ1) is 13.1. The molecule has 7 nitrogen and oxygen atoms in total. The Labute approximate surface area is 158 Å². The van der Waals surface area contributed by atoms with E-state index in [1.54, 1.807) is 24.1 Å². The molecule has 0 aromatic heterocycles. The van der Waals surface area contributed by atoms with Gasteiger partial charge in [0.15, 0.2) is 0 Å². The van der Waals surface area contributed by atoms with Crippen molar-refractivity contribution in [3.63, 3.8) is 0 Å². The average Bonchev–Trinajstić information content (AvgIpc) is 2.72. The Morgan fingerprint density at radius 1 is 1.11 bits per heavy atom. The predicted octanol–water partition coefficient (Wildman–Crippen LogP) is 2.60. The normalized spacial score (nSPS) is 14.8. The van der Waals surface area contributed by atoms with E-state index < -0.39 is 4.92 Å². The Hall–Kier alpha value is -2.93. The van der Waals surface area contributed by atoms with Gasteiger partial charge in [-0.2, -0.15) is 0 Å². The van der Waals surface area contributed by atoms with Gasteiger partial charge in [-0.1, -0.05) is 18.2 Å². The highest BCUT2D eigenvalue weighted by Gasteiger charge is 2.23. The maximum absolute atomic E-state index is 12.6. The molecule has 1 fully saturated rings. The summed E-state index contributed by atoms with van der Waals surface area (Å²) in [7, 11) is 1.66. The van der Waals surface area contributed by atoms with Crippen molar-refractivity contribution in [3.05, 3.63) is 69.8 Å². The Bertz CT molecular complexity index is 799. The van der Waals surface area contributed by atoms with Crippen molar-refractivity contribution in [1.82, 2.24) is 9.80 Å². The molecule has 0 spiro atoms. The van der Waals surface area contributed by atoms with Crippen LogP contribution in [0.3, 0.4) is 0 Å². The van der Waals surface area contributed by atoms with E-state index in [1.807, 2.05) is 12.1 Å². The summed E-state index contributed by atoms with van der Waals surface area (Å²) < 4.78 is 5.17. The van der Waals surface area contributed by atoms with Crippen molar-refractivity contribution < 1.29 is 14.5 Å². The fourth-order valence-corrected chi connectivity index (χ4v) is 3.19. The monoisotopic (exact) mass is 369 g/mol. The molecule has 0 bridgehead atoms. The van der Waals surface area contributed by atoms with Crippen LogP contribution in [0, 0.1) is 10.1 Å². The number of benzene rings is 2. The molecule has 0 saturated carbocycles. The number of hydrogen-bond acceptors (Lipinski definition) is 5. The molecule has 0 aliphatic carbocycles. The van der Waals surface area contributed by atoms with E-state index in [0.29, 0.717) is 18.7 Å². The Morgan fingerprint density at radius 2 is 1.81 bits per heavy atom. The Kier molecular flexibility index (Phi) is 6.03. The molecule has 0 N–H and O–H groups in total. The van der Waals surface area contributed by atoms with Crippen LogP contribution in [0.4, 0.5) is 5.69 Å². The van der Waals surface area contributed by atoms with Crippen LogP contribution in [0.25, 0.3) is 0 Å². The zero-order valence-electron chi connectivity index (χ0n) is 15.3. The van der Waals surface area contributed by atoms with E-state index in [2.05, 4.69) is 17.0 Å². The maximum Gasteiger partial charge on any atom is 0.270 e. The van der Waals surface area contributed by atoms with Crippen molar-refractivity contribution in [2.24, 2.45) is 0 Å². The zero-order valence-corrected chi connectivity index (χ0v) is 15.3. The number of carbonyl (C=O) groups excluding carboxylic acids is 1. The van der Waals surface area contributed by atoms with Crippen molar-refractivity contribution in [3.8, 4) is 5.75 Å². The Morgan fingerprint density at radius 3 is 2.44 bits per heavy atom. The van der Waals surface area contributed by atoms with Crippen LogP contribution in [0.1, 0.15) is 15.9 Å². The van der Waals surface area contributed by atoms with Crippen LogP contribution >= 0.6 is 0 Å². The van der Waals surface area contributed by atoms with E-state index in [1.165, 1.54) is 17.7 Å². The summed E-state index contributed by atoms with van der Waals surface area (Å²) in [4.78, 5) is 27.1. The topological polar surface area (TPSA) is 75.9 Å². The van der Waals surface area contributed by atoms with Crippen LogP contribution in [0.5, 0.6) is 5.75 Å². The largest absolute Gasteiger partial charge is 0.497 e. The SMILES string of the molecule is COc1ccc(CCN2CCN(C(=O)c3cccc([N+](=O)[O-])c3)CC2)cc1. The number of methoxy groups -OCH3 is 1.